The molecule has 5 nitrogen and oxygen atoms in total. The number of imide groups is 2. The lowest BCUT2D eigenvalue weighted by Crippen LogP contribution is -2.55. The van der Waals surface area contributed by atoms with Crippen LogP contribution in [-0.4, -0.2) is 40.7 Å². The monoisotopic (exact) mass is 196 g/mol. The van der Waals surface area contributed by atoms with E-state index in [1.165, 1.54) is 0 Å². The normalized spacial score (nSPS) is 18.1. The van der Waals surface area contributed by atoms with E-state index in [0.29, 0.717) is 0 Å². The zero-order valence-corrected chi connectivity index (χ0v) is 8.24. The van der Waals surface area contributed by atoms with Gasteiger partial charge in [0.25, 0.3) is 11.8 Å². The minimum absolute atomic E-state index is 0.145. The number of carbonyl (C=O) groups excluding carboxylic acids is 3. The van der Waals surface area contributed by atoms with E-state index in [2.05, 4.69) is 6.58 Å². The van der Waals surface area contributed by atoms with Crippen molar-refractivity contribution in [1.82, 2.24) is 9.80 Å². The van der Waals surface area contributed by atoms with Gasteiger partial charge in [-0.2, -0.15) is 0 Å². The second-order valence-electron chi connectivity index (χ2n) is 2.86. The van der Waals surface area contributed by atoms with Gasteiger partial charge in [0.05, 0.1) is 5.57 Å². The van der Waals surface area contributed by atoms with Crippen LogP contribution in [0.2, 0.25) is 0 Å². The maximum atomic E-state index is 11.5. The molecule has 0 spiro atoms. The highest BCUT2D eigenvalue weighted by Gasteiger charge is 2.38. The first-order chi connectivity index (χ1) is 6.54. The van der Waals surface area contributed by atoms with Crippen LogP contribution in [0.4, 0.5) is 4.79 Å². The second-order valence-corrected chi connectivity index (χ2v) is 2.86. The average Bonchev–Trinajstić information content (AvgIpc) is 2.16. The van der Waals surface area contributed by atoms with Crippen LogP contribution in [0.15, 0.2) is 12.2 Å². The molecule has 0 bridgehead atoms. The van der Waals surface area contributed by atoms with E-state index < -0.39 is 17.8 Å². The fourth-order valence-electron chi connectivity index (χ4n) is 1.29. The van der Waals surface area contributed by atoms with Crippen molar-refractivity contribution in [3.05, 3.63) is 12.2 Å². The summed E-state index contributed by atoms with van der Waals surface area (Å²) in [6.45, 7) is 7.22. The first-order valence-electron chi connectivity index (χ1n) is 4.41. The molecule has 14 heavy (non-hydrogen) atoms. The number of urea groups is 1. The van der Waals surface area contributed by atoms with Gasteiger partial charge in [0.1, 0.15) is 0 Å². The number of nitrogens with zero attached hydrogens (tertiary/aromatic N) is 2. The van der Waals surface area contributed by atoms with Gasteiger partial charge in [-0.25, -0.2) is 4.79 Å². The highest BCUT2D eigenvalue weighted by atomic mass is 16.2. The number of hydrogen-bond acceptors (Lipinski definition) is 3. The minimum Gasteiger partial charge on any atom is -0.268 e. The van der Waals surface area contributed by atoms with E-state index in [-0.39, 0.29) is 18.7 Å². The smallest absolute Gasteiger partial charge is 0.268 e. The third kappa shape index (κ3) is 1.30. The topological polar surface area (TPSA) is 57.7 Å². The van der Waals surface area contributed by atoms with Crippen LogP contribution < -0.4 is 0 Å². The molecular formula is C9H12N2O3. The summed E-state index contributed by atoms with van der Waals surface area (Å²) in [5.74, 6) is -1.18. The summed E-state index contributed by atoms with van der Waals surface area (Å²) in [5.41, 5.74) is -0.145. The molecule has 1 heterocycles. The highest BCUT2D eigenvalue weighted by Crippen LogP contribution is 2.14. The van der Waals surface area contributed by atoms with E-state index in [4.69, 9.17) is 0 Å². The molecule has 4 amide bonds. The molecule has 0 unspecified atom stereocenters. The Bertz CT molecular complexity index is 294. The molecule has 76 valence electrons. The first kappa shape index (κ1) is 10.4. The number of hydrogen-bond donors (Lipinski definition) is 0. The average molecular weight is 196 g/mol. The molecule has 0 radical (unpaired) electrons. The van der Waals surface area contributed by atoms with Crippen molar-refractivity contribution < 1.29 is 14.4 Å². The molecule has 0 atom stereocenters. The molecule has 1 saturated heterocycles. The summed E-state index contributed by atoms with van der Waals surface area (Å²) in [6.07, 6.45) is 0. The SMILES string of the molecule is C=C1C(=O)N(CC)C(=O)N(CC)C1=O. The van der Waals surface area contributed by atoms with E-state index >= 15 is 0 Å². The molecule has 1 rings (SSSR count). The van der Waals surface area contributed by atoms with Gasteiger partial charge >= 0.3 is 6.03 Å². The molecular weight excluding hydrogens is 184 g/mol. The lowest BCUT2D eigenvalue weighted by Gasteiger charge is -2.32. The fraction of sp³-hybridized carbons (Fsp3) is 0.444. The van der Waals surface area contributed by atoms with Gasteiger partial charge in [-0.15, -0.1) is 0 Å². The lowest BCUT2D eigenvalue weighted by molar-refractivity contribution is -0.135. The van der Waals surface area contributed by atoms with E-state index in [9.17, 15) is 14.4 Å². The van der Waals surface area contributed by atoms with E-state index in [1.807, 2.05) is 0 Å². The Hall–Kier alpha value is -1.65. The largest absolute Gasteiger partial charge is 0.333 e. The summed E-state index contributed by atoms with van der Waals surface area (Å²) in [5, 5.41) is 0. The third-order valence-corrected chi connectivity index (χ3v) is 2.10. The molecule has 0 N–H and O–H groups in total. The molecule has 0 aromatic heterocycles. The molecule has 1 aliphatic heterocycles. The van der Waals surface area contributed by atoms with Crippen LogP contribution in [0.3, 0.4) is 0 Å². The lowest BCUT2D eigenvalue weighted by atomic mass is 10.2. The van der Waals surface area contributed by atoms with Crippen molar-refractivity contribution in [2.45, 2.75) is 13.8 Å². The Kier molecular flexibility index (Phi) is 2.69. The van der Waals surface area contributed by atoms with Crippen LogP contribution in [0, 0.1) is 0 Å². The molecule has 0 aliphatic carbocycles. The molecule has 1 fully saturated rings. The quantitative estimate of drug-likeness (QED) is 0.473. The Balaban J connectivity index is 3.07. The summed E-state index contributed by atoms with van der Waals surface area (Å²) in [7, 11) is 0. The zero-order valence-electron chi connectivity index (χ0n) is 8.24. The van der Waals surface area contributed by atoms with Crippen LogP contribution >= 0.6 is 0 Å². The Labute approximate surface area is 82.0 Å². The van der Waals surface area contributed by atoms with E-state index in [1.54, 1.807) is 13.8 Å². The van der Waals surface area contributed by atoms with Crippen molar-refractivity contribution in [1.29, 1.82) is 0 Å². The molecule has 0 aromatic carbocycles. The molecule has 5 heteroatoms. The van der Waals surface area contributed by atoms with Crippen LogP contribution in [0.1, 0.15) is 13.8 Å². The van der Waals surface area contributed by atoms with Crippen molar-refractivity contribution in [3.8, 4) is 0 Å². The summed E-state index contributed by atoms with van der Waals surface area (Å²) in [4.78, 5) is 36.3. The predicted octanol–water partition coefficient (Wildman–Crippen LogP) is 0.373. The Morgan fingerprint density at radius 3 is 1.64 bits per heavy atom. The summed E-state index contributed by atoms with van der Waals surface area (Å²) in [6, 6.07) is -0.558. The number of amides is 4. The predicted molar refractivity (Wildman–Crippen MR) is 49.3 cm³/mol. The number of likely N-dealkylation sites (N-methyl/N-ethyl adjacent to an activating group) is 2. The van der Waals surface area contributed by atoms with Crippen LogP contribution in [-0.2, 0) is 9.59 Å². The number of carbonyl (C=O) groups is 3. The number of barbiturate groups is 1. The Morgan fingerprint density at radius 2 is 1.36 bits per heavy atom. The van der Waals surface area contributed by atoms with Gasteiger partial charge in [-0.05, 0) is 13.8 Å². The van der Waals surface area contributed by atoms with Crippen molar-refractivity contribution >= 4 is 17.8 Å². The summed E-state index contributed by atoms with van der Waals surface area (Å²) >= 11 is 0. The third-order valence-electron chi connectivity index (χ3n) is 2.10. The van der Waals surface area contributed by atoms with Gasteiger partial charge in [0.2, 0.25) is 0 Å². The van der Waals surface area contributed by atoms with Crippen LogP contribution in [0.5, 0.6) is 0 Å². The van der Waals surface area contributed by atoms with Gasteiger partial charge in [0.15, 0.2) is 0 Å². The van der Waals surface area contributed by atoms with Crippen molar-refractivity contribution in [2.75, 3.05) is 13.1 Å². The summed E-state index contributed by atoms with van der Waals surface area (Å²) < 4.78 is 0. The van der Waals surface area contributed by atoms with Gasteiger partial charge < -0.3 is 0 Å². The highest BCUT2D eigenvalue weighted by molar-refractivity contribution is 6.28. The number of rotatable bonds is 2. The molecule has 0 aromatic rings. The molecule has 0 saturated carbocycles. The molecule has 1 aliphatic rings. The van der Waals surface area contributed by atoms with Crippen LogP contribution in [0.25, 0.3) is 0 Å². The second kappa shape index (κ2) is 3.61. The van der Waals surface area contributed by atoms with Crippen molar-refractivity contribution in [2.24, 2.45) is 0 Å². The van der Waals surface area contributed by atoms with Crippen molar-refractivity contribution in [3.63, 3.8) is 0 Å². The maximum absolute atomic E-state index is 11.5. The van der Waals surface area contributed by atoms with Gasteiger partial charge in [-0.3, -0.25) is 19.4 Å². The van der Waals surface area contributed by atoms with E-state index in [0.717, 1.165) is 9.80 Å². The zero-order chi connectivity index (χ0) is 10.9. The minimum atomic E-state index is -0.591. The standard InChI is InChI=1S/C9H12N2O3/c1-4-10-7(12)6(3)8(13)11(5-2)9(10)14/h3-5H2,1-2H3. The van der Waals surface area contributed by atoms with Gasteiger partial charge in [-0.1, -0.05) is 6.58 Å². The first-order valence-corrected chi connectivity index (χ1v) is 4.41. The Morgan fingerprint density at radius 1 is 1.00 bits per heavy atom. The maximum Gasteiger partial charge on any atom is 0.333 e. The fourth-order valence-corrected chi connectivity index (χ4v) is 1.29. The van der Waals surface area contributed by atoms with Gasteiger partial charge in [0, 0.05) is 13.1 Å².